The molecule has 0 aromatic heterocycles. The van der Waals surface area contributed by atoms with Crippen LogP contribution in [0.4, 0.5) is 15.8 Å². The first-order chi connectivity index (χ1) is 13.5. The molecular weight excluding hydrogens is 383 g/mol. The zero-order valence-corrected chi connectivity index (χ0v) is 16.2. The van der Waals surface area contributed by atoms with Crippen molar-refractivity contribution in [2.24, 2.45) is 0 Å². The Kier molecular flexibility index (Phi) is 6.97. The number of para-hydroxylation sites is 2. The van der Waals surface area contributed by atoms with Gasteiger partial charge in [-0.1, -0.05) is 35.9 Å². The third-order valence-electron chi connectivity index (χ3n) is 4.78. The maximum atomic E-state index is 13.6. The Bertz CT molecular complexity index is 771. The Morgan fingerprint density at radius 2 is 1.29 bits per heavy atom. The molecule has 1 aliphatic rings. The molecule has 0 unspecified atom stereocenters. The SMILES string of the molecule is O=C(C[NH+]1CC[NH+](CC(=O)Nc2ccccc2Cl)CC1)Nc1ccccc1F. The second-order valence-corrected chi connectivity index (χ2v) is 7.32. The molecule has 3 rings (SSSR count). The van der Waals surface area contributed by atoms with E-state index in [1.807, 2.05) is 12.1 Å². The standard InChI is InChI=1S/C20H22ClFN4O2/c21-15-5-1-3-7-17(15)23-19(27)13-25-9-11-26(12-10-25)14-20(28)24-18-8-4-2-6-16(18)22/h1-8H,9-14H2,(H,23,27)(H,24,28)/p+2. The molecule has 1 fully saturated rings. The van der Waals surface area contributed by atoms with Gasteiger partial charge in [0.1, 0.15) is 32.0 Å². The number of quaternary nitrogens is 2. The van der Waals surface area contributed by atoms with Crippen LogP contribution in [0.1, 0.15) is 0 Å². The Balaban J connectivity index is 1.40. The minimum absolute atomic E-state index is 0.0798. The van der Waals surface area contributed by atoms with Crippen LogP contribution in [0.15, 0.2) is 48.5 Å². The molecule has 0 spiro atoms. The van der Waals surface area contributed by atoms with Crippen LogP contribution in [0.3, 0.4) is 0 Å². The van der Waals surface area contributed by atoms with Crippen molar-refractivity contribution in [3.05, 3.63) is 59.4 Å². The van der Waals surface area contributed by atoms with Gasteiger partial charge in [-0.2, -0.15) is 0 Å². The van der Waals surface area contributed by atoms with E-state index < -0.39 is 5.82 Å². The van der Waals surface area contributed by atoms with Gasteiger partial charge >= 0.3 is 0 Å². The lowest BCUT2D eigenvalue weighted by atomic mass is 10.2. The van der Waals surface area contributed by atoms with E-state index in [1.54, 1.807) is 30.3 Å². The molecule has 0 saturated carbocycles. The van der Waals surface area contributed by atoms with E-state index in [-0.39, 0.29) is 24.0 Å². The molecule has 0 radical (unpaired) electrons. The average Bonchev–Trinajstić information content (AvgIpc) is 2.67. The highest BCUT2D eigenvalue weighted by molar-refractivity contribution is 6.33. The number of hydrogen-bond acceptors (Lipinski definition) is 2. The third kappa shape index (κ3) is 5.76. The van der Waals surface area contributed by atoms with Crippen molar-refractivity contribution < 1.29 is 23.8 Å². The van der Waals surface area contributed by atoms with E-state index >= 15 is 0 Å². The number of nitrogens with one attached hydrogen (secondary N) is 4. The summed E-state index contributed by atoms with van der Waals surface area (Å²) in [7, 11) is 0. The summed E-state index contributed by atoms with van der Waals surface area (Å²) in [5.41, 5.74) is 0.815. The molecule has 28 heavy (non-hydrogen) atoms. The number of halogens is 2. The van der Waals surface area contributed by atoms with Crippen LogP contribution >= 0.6 is 11.6 Å². The number of carbonyl (C=O) groups is 2. The molecule has 0 atom stereocenters. The zero-order chi connectivity index (χ0) is 19.9. The van der Waals surface area contributed by atoms with Gasteiger partial charge in [-0.05, 0) is 24.3 Å². The molecule has 2 aromatic carbocycles. The number of anilines is 2. The lowest BCUT2D eigenvalue weighted by Gasteiger charge is -2.29. The fourth-order valence-corrected chi connectivity index (χ4v) is 3.46. The molecule has 2 aromatic rings. The van der Waals surface area contributed by atoms with Crippen molar-refractivity contribution in [3.63, 3.8) is 0 Å². The lowest BCUT2D eigenvalue weighted by molar-refractivity contribution is -1.00. The lowest BCUT2D eigenvalue weighted by Crippen LogP contribution is -3.28. The Labute approximate surface area is 168 Å². The van der Waals surface area contributed by atoms with E-state index in [2.05, 4.69) is 10.6 Å². The summed E-state index contributed by atoms with van der Waals surface area (Å²) < 4.78 is 13.6. The number of hydrogen-bond donors (Lipinski definition) is 4. The van der Waals surface area contributed by atoms with Crippen molar-refractivity contribution in [2.75, 3.05) is 49.9 Å². The fourth-order valence-electron chi connectivity index (χ4n) is 3.28. The Morgan fingerprint density at radius 1 is 0.821 bits per heavy atom. The van der Waals surface area contributed by atoms with Crippen LogP contribution in [0.25, 0.3) is 0 Å². The third-order valence-corrected chi connectivity index (χ3v) is 5.11. The highest BCUT2D eigenvalue weighted by Gasteiger charge is 2.26. The molecule has 1 heterocycles. The van der Waals surface area contributed by atoms with Crippen molar-refractivity contribution in [3.8, 4) is 0 Å². The van der Waals surface area contributed by atoms with Gasteiger partial charge in [-0.15, -0.1) is 0 Å². The monoisotopic (exact) mass is 406 g/mol. The van der Waals surface area contributed by atoms with E-state index in [0.717, 1.165) is 31.1 Å². The van der Waals surface area contributed by atoms with Gasteiger partial charge in [0.25, 0.3) is 11.8 Å². The number of amides is 2. The van der Waals surface area contributed by atoms with Crippen LogP contribution in [-0.2, 0) is 9.59 Å². The predicted molar refractivity (Wildman–Crippen MR) is 106 cm³/mol. The summed E-state index contributed by atoms with van der Waals surface area (Å²) in [6, 6.07) is 13.3. The smallest absolute Gasteiger partial charge is 0.279 e. The van der Waals surface area contributed by atoms with Crippen LogP contribution in [0, 0.1) is 5.82 Å². The molecule has 1 saturated heterocycles. The number of rotatable bonds is 6. The fraction of sp³-hybridized carbons (Fsp3) is 0.300. The molecule has 1 aliphatic heterocycles. The first-order valence-electron chi connectivity index (χ1n) is 9.27. The Morgan fingerprint density at radius 3 is 1.82 bits per heavy atom. The number of carbonyl (C=O) groups excluding carboxylic acids is 2. The van der Waals surface area contributed by atoms with Crippen molar-refractivity contribution in [1.82, 2.24) is 0 Å². The second kappa shape index (κ2) is 9.64. The average molecular weight is 407 g/mol. The maximum absolute atomic E-state index is 13.6. The summed E-state index contributed by atoms with van der Waals surface area (Å²) in [6.45, 7) is 3.78. The second-order valence-electron chi connectivity index (χ2n) is 6.91. The van der Waals surface area contributed by atoms with E-state index in [9.17, 15) is 14.0 Å². The largest absolute Gasteiger partial charge is 0.320 e. The first kappa shape index (κ1) is 20.3. The van der Waals surface area contributed by atoms with Crippen LogP contribution in [0.5, 0.6) is 0 Å². The number of piperazine rings is 1. The van der Waals surface area contributed by atoms with Crippen LogP contribution in [-0.4, -0.2) is 51.1 Å². The van der Waals surface area contributed by atoms with Gasteiger partial charge in [0.15, 0.2) is 13.1 Å². The molecule has 6 nitrogen and oxygen atoms in total. The molecular formula is C20H24ClFN4O2+2. The maximum Gasteiger partial charge on any atom is 0.279 e. The minimum atomic E-state index is -0.440. The summed E-state index contributed by atoms with van der Waals surface area (Å²) in [5.74, 6) is -0.728. The summed E-state index contributed by atoms with van der Waals surface area (Å²) in [5, 5.41) is 5.97. The molecule has 4 N–H and O–H groups in total. The zero-order valence-electron chi connectivity index (χ0n) is 15.4. The van der Waals surface area contributed by atoms with E-state index in [1.165, 1.54) is 11.0 Å². The van der Waals surface area contributed by atoms with Crippen LogP contribution in [0.2, 0.25) is 5.02 Å². The number of benzene rings is 2. The summed E-state index contributed by atoms with van der Waals surface area (Å²) >= 11 is 6.06. The van der Waals surface area contributed by atoms with Gasteiger partial charge in [0.2, 0.25) is 0 Å². The van der Waals surface area contributed by atoms with Gasteiger partial charge in [0, 0.05) is 0 Å². The molecule has 0 bridgehead atoms. The summed E-state index contributed by atoms with van der Waals surface area (Å²) in [6.07, 6.45) is 0. The molecule has 8 heteroatoms. The van der Waals surface area contributed by atoms with E-state index in [0.29, 0.717) is 17.3 Å². The Hall–Kier alpha value is -2.48. The van der Waals surface area contributed by atoms with Gasteiger partial charge in [-0.3, -0.25) is 9.59 Å². The van der Waals surface area contributed by atoms with Crippen molar-refractivity contribution in [2.45, 2.75) is 0 Å². The molecule has 148 valence electrons. The topological polar surface area (TPSA) is 67.1 Å². The van der Waals surface area contributed by atoms with Gasteiger partial charge in [-0.25, -0.2) is 4.39 Å². The first-order valence-corrected chi connectivity index (χ1v) is 9.65. The normalized spacial score (nSPS) is 19.1. The minimum Gasteiger partial charge on any atom is -0.320 e. The van der Waals surface area contributed by atoms with Crippen LogP contribution < -0.4 is 20.4 Å². The van der Waals surface area contributed by atoms with Crippen molar-refractivity contribution >= 4 is 34.8 Å². The van der Waals surface area contributed by atoms with Gasteiger partial charge < -0.3 is 20.4 Å². The van der Waals surface area contributed by atoms with Crippen molar-refractivity contribution in [1.29, 1.82) is 0 Å². The van der Waals surface area contributed by atoms with E-state index in [4.69, 9.17) is 11.6 Å². The highest BCUT2D eigenvalue weighted by Crippen LogP contribution is 2.19. The molecule has 2 amide bonds. The predicted octanol–water partition coefficient (Wildman–Crippen LogP) is -0.160. The highest BCUT2D eigenvalue weighted by atomic mass is 35.5. The molecule has 0 aliphatic carbocycles. The quantitative estimate of drug-likeness (QED) is 0.538. The summed E-state index contributed by atoms with van der Waals surface area (Å²) in [4.78, 5) is 26.7. The van der Waals surface area contributed by atoms with Gasteiger partial charge in [0.05, 0.1) is 16.4 Å².